The lowest BCUT2D eigenvalue weighted by molar-refractivity contribution is 0.0713. The number of nitrogens with zero attached hydrogens (tertiary/aromatic N) is 1. The monoisotopic (exact) mass is 319 g/mol. The van der Waals surface area contributed by atoms with Crippen LogP contribution >= 0.6 is 0 Å². The van der Waals surface area contributed by atoms with Gasteiger partial charge in [-0.25, -0.2) is 0 Å². The molecule has 1 saturated heterocycles. The van der Waals surface area contributed by atoms with Gasteiger partial charge in [-0.3, -0.25) is 4.79 Å². The zero-order valence-electron chi connectivity index (χ0n) is 13.9. The first-order chi connectivity index (χ1) is 11.7. The summed E-state index contributed by atoms with van der Waals surface area (Å²) in [5, 5.41) is 1.22. The van der Waals surface area contributed by atoms with Crippen molar-refractivity contribution in [2.75, 3.05) is 13.1 Å². The molecule has 3 nitrogen and oxygen atoms in total. The molecule has 2 aromatic carbocycles. The van der Waals surface area contributed by atoms with E-state index in [9.17, 15) is 4.79 Å². The molecule has 2 heterocycles. The van der Waals surface area contributed by atoms with Crippen LogP contribution < -0.4 is 0 Å². The maximum Gasteiger partial charge on any atom is 0.253 e. The Balaban J connectivity index is 1.48. The third-order valence-corrected chi connectivity index (χ3v) is 5.00. The molecule has 3 aromatic rings. The van der Waals surface area contributed by atoms with Crippen molar-refractivity contribution in [1.29, 1.82) is 0 Å². The lowest BCUT2D eigenvalue weighted by atomic mass is 9.89. The van der Waals surface area contributed by atoms with E-state index in [2.05, 4.69) is 25.1 Å². The van der Waals surface area contributed by atoms with Crippen LogP contribution in [-0.4, -0.2) is 23.9 Å². The molecule has 4 rings (SSSR count). The summed E-state index contributed by atoms with van der Waals surface area (Å²) in [7, 11) is 0. The lowest BCUT2D eigenvalue weighted by Gasteiger charge is -2.32. The molecule has 3 heteroatoms. The Morgan fingerprint density at radius 3 is 2.58 bits per heavy atom. The van der Waals surface area contributed by atoms with Gasteiger partial charge in [-0.2, -0.15) is 0 Å². The number of amides is 1. The van der Waals surface area contributed by atoms with Gasteiger partial charge in [0.25, 0.3) is 5.91 Å². The second-order valence-corrected chi connectivity index (χ2v) is 6.62. The molecule has 1 aliphatic rings. The van der Waals surface area contributed by atoms with Crippen molar-refractivity contribution in [1.82, 2.24) is 4.90 Å². The summed E-state index contributed by atoms with van der Waals surface area (Å²) < 4.78 is 5.75. The van der Waals surface area contributed by atoms with Gasteiger partial charge in [0, 0.05) is 29.6 Å². The van der Waals surface area contributed by atoms with Gasteiger partial charge >= 0.3 is 0 Å². The number of carbonyl (C=O) groups excluding carboxylic acids is 1. The Bertz CT molecular complexity index is 858. The highest BCUT2D eigenvalue weighted by Gasteiger charge is 2.26. The second-order valence-electron chi connectivity index (χ2n) is 6.62. The molecule has 1 aromatic heterocycles. The number of piperidine rings is 1. The first-order valence-electron chi connectivity index (χ1n) is 8.54. The summed E-state index contributed by atoms with van der Waals surface area (Å²) in [6, 6.07) is 15.9. The maximum atomic E-state index is 12.6. The van der Waals surface area contributed by atoms with E-state index in [1.807, 2.05) is 41.5 Å². The van der Waals surface area contributed by atoms with Gasteiger partial charge in [0.2, 0.25) is 0 Å². The van der Waals surface area contributed by atoms with Crippen molar-refractivity contribution in [2.24, 2.45) is 0 Å². The number of carbonyl (C=O) groups is 1. The lowest BCUT2D eigenvalue weighted by Crippen LogP contribution is -2.37. The van der Waals surface area contributed by atoms with Crippen molar-refractivity contribution in [2.45, 2.75) is 25.7 Å². The summed E-state index contributed by atoms with van der Waals surface area (Å²) in [4.78, 5) is 14.5. The minimum atomic E-state index is 0.140. The van der Waals surface area contributed by atoms with Gasteiger partial charge in [0.15, 0.2) is 0 Å². The van der Waals surface area contributed by atoms with E-state index in [1.54, 1.807) is 0 Å². The number of hydrogen-bond acceptors (Lipinski definition) is 2. The molecule has 1 aliphatic heterocycles. The van der Waals surface area contributed by atoms with Gasteiger partial charge in [-0.1, -0.05) is 30.3 Å². The largest absolute Gasteiger partial charge is 0.464 e. The fourth-order valence-corrected chi connectivity index (χ4v) is 3.63. The Morgan fingerprint density at radius 1 is 1.08 bits per heavy atom. The molecule has 24 heavy (non-hydrogen) atoms. The second kappa shape index (κ2) is 6.16. The molecule has 0 aliphatic carbocycles. The topological polar surface area (TPSA) is 33.5 Å². The molecule has 0 N–H and O–H groups in total. The molecular weight excluding hydrogens is 298 g/mol. The van der Waals surface area contributed by atoms with Crippen molar-refractivity contribution in [3.63, 3.8) is 0 Å². The van der Waals surface area contributed by atoms with Crippen molar-refractivity contribution >= 4 is 16.9 Å². The highest BCUT2D eigenvalue weighted by molar-refractivity contribution is 5.94. The van der Waals surface area contributed by atoms with E-state index in [0.29, 0.717) is 5.92 Å². The van der Waals surface area contributed by atoms with Crippen LogP contribution in [0.1, 0.15) is 40.2 Å². The number of fused-ring (bicyclic) bond motifs is 1. The molecule has 0 saturated carbocycles. The predicted octanol–water partition coefficient (Wildman–Crippen LogP) is 4.76. The minimum absolute atomic E-state index is 0.140. The van der Waals surface area contributed by atoms with Crippen molar-refractivity contribution in [3.8, 4) is 0 Å². The molecule has 0 bridgehead atoms. The van der Waals surface area contributed by atoms with E-state index >= 15 is 0 Å². The standard InChI is InChI=1S/C21H21NO2/c1-15-7-8-18-19(14-24-20(18)13-15)16-9-11-22(12-10-16)21(23)17-5-3-2-4-6-17/h2-8,13-14,16H,9-12H2,1H3. The van der Waals surface area contributed by atoms with Crippen molar-refractivity contribution < 1.29 is 9.21 Å². The number of benzene rings is 2. The molecular formula is C21H21NO2. The van der Waals surface area contributed by atoms with Gasteiger partial charge in [-0.15, -0.1) is 0 Å². The van der Waals surface area contributed by atoms with Crippen LogP contribution in [-0.2, 0) is 0 Å². The molecule has 122 valence electrons. The van der Waals surface area contributed by atoms with Crippen LogP contribution in [0.5, 0.6) is 0 Å². The quantitative estimate of drug-likeness (QED) is 0.682. The summed E-state index contributed by atoms with van der Waals surface area (Å²) in [6.07, 6.45) is 3.88. The molecule has 0 atom stereocenters. The SMILES string of the molecule is Cc1ccc2c(C3CCN(C(=O)c4ccccc4)CC3)coc2c1. The normalized spacial score (nSPS) is 15.8. The Kier molecular flexibility index (Phi) is 3.85. The van der Waals surface area contributed by atoms with Gasteiger partial charge in [-0.05, 0) is 49.4 Å². The van der Waals surface area contributed by atoms with E-state index in [4.69, 9.17) is 4.42 Å². The van der Waals surface area contributed by atoms with Crippen LogP contribution in [0, 0.1) is 6.92 Å². The minimum Gasteiger partial charge on any atom is -0.464 e. The third kappa shape index (κ3) is 2.71. The van der Waals surface area contributed by atoms with Gasteiger partial charge < -0.3 is 9.32 Å². The molecule has 1 amide bonds. The highest BCUT2D eigenvalue weighted by Crippen LogP contribution is 2.35. The van der Waals surface area contributed by atoms with Crippen LogP contribution in [0.3, 0.4) is 0 Å². The van der Waals surface area contributed by atoms with Crippen LogP contribution in [0.15, 0.2) is 59.2 Å². The van der Waals surface area contributed by atoms with E-state index in [1.165, 1.54) is 16.5 Å². The van der Waals surface area contributed by atoms with E-state index in [-0.39, 0.29) is 5.91 Å². The Hall–Kier alpha value is -2.55. The molecule has 1 fully saturated rings. The third-order valence-electron chi connectivity index (χ3n) is 5.00. The predicted molar refractivity (Wildman–Crippen MR) is 95.3 cm³/mol. The van der Waals surface area contributed by atoms with Crippen LogP contribution in [0.25, 0.3) is 11.0 Å². The maximum absolute atomic E-state index is 12.6. The van der Waals surface area contributed by atoms with Gasteiger partial charge in [0.1, 0.15) is 5.58 Å². The van der Waals surface area contributed by atoms with Crippen LogP contribution in [0.2, 0.25) is 0 Å². The van der Waals surface area contributed by atoms with E-state index in [0.717, 1.165) is 37.1 Å². The first-order valence-corrected chi connectivity index (χ1v) is 8.54. The van der Waals surface area contributed by atoms with Gasteiger partial charge in [0.05, 0.1) is 6.26 Å². The smallest absolute Gasteiger partial charge is 0.253 e. The van der Waals surface area contributed by atoms with E-state index < -0.39 is 0 Å². The number of aryl methyl sites for hydroxylation is 1. The summed E-state index contributed by atoms with van der Waals surface area (Å²) in [6.45, 7) is 3.68. The fourth-order valence-electron chi connectivity index (χ4n) is 3.63. The number of likely N-dealkylation sites (tertiary alicyclic amines) is 1. The number of rotatable bonds is 2. The summed E-state index contributed by atoms with van der Waals surface area (Å²) in [5.41, 5.74) is 4.25. The zero-order valence-corrected chi connectivity index (χ0v) is 13.9. The number of hydrogen-bond donors (Lipinski definition) is 0. The first kappa shape index (κ1) is 15.0. The Morgan fingerprint density at radius 2 is 1.83 bits per heavy atom. The average molecular weight is 319 g/mol. The van der Waals surface area contributed by atoms with Crippen LogP contribution in [0.4, 0.5) is 0 Å². The van der Waals surface area contributed by atoms with Crippen molar-refractivity contribution in [3.05, 3.63) is 71.5 Å². The highest BCUT2D eigenvalue weighted by atomic mass is 16.3. The molecule has 0 spiro atoms. The Labute approximate surface area is 141 Å². The molecule has 0 unspecified atom stereocenters. The number of furan rings is 1. The molecule has 0 radical (unpaired) electrons. The fraction of sp³-hybridized carbons (Fsp3) is 0.286. The average Bonchev–Trinajstić information content (AvgIpc) is 3.05. The summed E-state index contributed by atoms with van der Waals surface area (Å²) >= 11 is 0. The summed E-state index contributed by atoms with van der Waals surface area (Å²) in [5.74, 6) is 0.607. The zero-order chi connectivity index (χ0) is 16.5.